The van der Waals surface area contributed by atoms with Crippen molar-refractivity contribution in [2.24, 2.45) is 5.92 Å². The molecule has 21 heavy (non-hydrogen) atoms. The van der Waals surface area contributed by atoms with Crippen molar-refractivity contribution >= 4 is 5.91 Å². The molecule has 0 atom stereocenters. The van der Waals surface area contributed by atoms with Crippen molar-refractivity contribution in [3.05, 3.63) is 23.7 Å². The zero-order chi connectivity index (χ0) is 14.7. The summed E-state index contributed by atoms with van der Waals surface area (Å²) >= 11 is 0. The third-order valence-corrected chi connectivity index (χ3v) is 4.80. The van der Waals surface area contributed by atoms with Crippen LogP contribution in [0.25, 0.3) is 0 Å². The van der Waals surface area contributed by atoms with E-state index in [1.54, 1.807) is 0 Å². The van der Waals surface area contributed by atoms with Gasteiger partial charge in [0.25, 0.3) is 0 Å². The van der Waals surface area contributed by atoms with Gasteiger partial charge in [0.15, 0.2) is 0 Å². The largest absolute Gasteiger partial charge is 0.465 e. The number of aryl methyl sites for hydroxylation is 1. The summed E-state index contributed by atoms with van der Waals surface area (Å²) in [5.74, 6) is 3.00. The SMILES string of the molecule is Cc1ccc(CN2CCC(CC(=O)N3CCCC3)CC2)o1. The molecule has 0 aliphatic carbocycles. The first-order valence-electron chi connectivity index (χ1n) is 8.26. The molecule has 2 aliphatic rings. The molecule has 3 rings (SSSR count). The summed E-state index contributed by atoms with van der Waals surface area (Å²) < 4.78 is 5.64. The van der Waals surface area contributed by atoms with Crippen molar-refractivity contribution in [1.82, 2.24) is 9.80 Å². The van der Waals surface area contributed by atoms with Crippen LogP contribution in [0.2, 0.25) is 0 Å². The predicted molar refractivity (Wildman–Crippen MR) is 81.9 cm³/mol. The van der Waals surface area contributed by atoms with Crippen molar-refractivity contribution in [3.8, 4) is 0 Å². The van der Waals surface area contributed by atoms with Gasteiger partial charge >= 0.3 is 0 Å². The average molecular weight is 290 g/mol. The molecule has 2 fully saturated rings. The Hall–Kier alpha value is -1.29. The normalized spacial score (nSPS) is 21.1. The minimum absolute atomic E-state index is 0.382. The molecule has 0 saturated carbocycles. The van der Waals surface area contributed by atoms with Crippen molar-refractivity contribution in [2.45, 2.75) is 45.6 Å². The van der Waals surface area contributed by atoms with Crippen LogP contribution in [0.4, 0.5) is 0 Å². The summed E-state index contributed by atoms with van der Waals surface area (Å²) in [6, 6.07) is 4.09. The van der Waals surface area contributed by atoms with E-state index in [0.29, 0.717) is 11.8 Å². The van der Waals surface area contributed by atoms with Crippen molar-refractivity contribution in [2.75, 3.05) is 26.2 Å². The fourth-order valence-corrected chi connectivity index (χ4v) is 3.48. The van der Waals surface area contributed by atoms with Gasteiger partial charge in [0, 0.05) is 19.5 Å². The fourth-order valence-electron chi connectivity index (χ4n) is 3.48. The second-order valence-corrected chi connectivity index (χ2v) is 6.52. The topological polar surface area (TPSA) is 36.7 Å². The van der Waals surface area contributed by atoms with Gasteiger partial charge in [0.1, 0.15) is 11.5 Å². The van der Waals surface area contributed by atoms with E-state index >= 15 is 0 Å². The zero-order valence-corrected chi connectivity index (χ0v) is 13.0. The summed E-state index contributed by atoms with van der Waals surface area (Å²) in [5, 5.41) is 0. The number of nitrogens with zero attached hydrogens (tertiary/aromatic N) is 2. The summed E-state index contributed by atoms with van der Waals surface area (Å²) in [5.41, 5.74) is 0. The lowest BCUT2D eigenvalue weighted by Gasteiger charge is -2.31. The first-order chi connectivity index (χ1) is 10.2. The molecule has 1 amide bonds. The predicted octanol–water partition coefficient (Wildman–Crippen LogP) is 2.81. The molecule has 0 radical (unpaired) electrons. The summed E-state index contributed by atoms with van der Waals surface area (Å²) in [6.45, 7) is 7.01. The standard InChI is InChI=1S/C17H26N2O2/c1-14-4-5-16(21-14)13-18-10-6-15(7-11-18)12-17(20)19-8-2-3-9-19/h4-5,15H,2-3,6-13H2,1H3. The maximum absolute atomic E-state index is 12.2. The van der Waals surface area contributed by atoms with Crippen LogP contribution in [0.1, 0.15) is 43.6 Å². The molecule has 2 aliphatic heterocycles. The molecule has 4 nitrogen and oxygen atoms in total. The van der Waals surface area contributed by atoms with Crippen LogP contribution in [0, 0.1) is 12.8 Å². The number of furan rings is 1. The van der Waals surface area contributed by atoms with E-state index in [0.717, 1.165) is 63.5 Å². The molecule has 0 bridgehead atoms. The van der Waals surface area contributed by atoms with Gasteiger partial charge in [-0.2, -0.15) is 0 Å². The highest BCUT2D eigenvalue weighted by Crippen LogP contribution is 2.24. The second kappa shape index (κ2) is 6.65. The molecule has 0 N–H and O–H groups in total. The van der Waals surface area contributed by atoms with Crippen LogP contribution < -0.4 is 0 Å². The van der Waals surface area contributed by atoms with E-state index in [2.05, 4.69) is 15.9 Å². The first kappa shape index (κ1) is 14.6. The maximum Gasteiger partial charge on any atom is 0.222 e. The molecule has 0 spiro atoms. The Labute approximate surface area is 127 Å². The number of hydrogen-bond acceptors (Lipinski definition) is 3. The third kappa shape index (κ3) is 3.88. The minimum Gasteiger partial charge on any atom is -0.465 e. The Bertz CT molecular complexity index is 469. The van der Waals surface area contributed by atoms with Crippen LogP contribution in [-0.4, -0.2) is 41.9 Å². The fraction of sp³-hybridized carbons (Fsp3) is 0.706. The number of piperidine rings is 1. The molecule has 0 unspecified atom stereocenters. The van der Waals surface area contributed by atoms with Gasteiger partial charge in [0.05, 0.1) is 6.54 Å². The quantitative estimate of drug-likeness (QED) is 0.855. The molecule has 4 heteroatoms. The molecule has 2 saturated heterocycles. The van der Waals surface area contributed by atoms with Crippen molar-refractivity contribution in [3.63, 3.8) is 0 Å². The van der Waals surface area contributed by atoms with Gasteiger partial charge in [-0.3, -0.25) is 9.69 Å². The van der Waals surface area contributed by atoms with E-state index in [-0.39, 0.29) is 0 Å². The first-order valence-corrected chi connectivity index (χ1v) is 8.26. The number of carbonyl (C=O) groups excluding carboxylic acids is 1. The molecule has 0 aromatic carbocycles. The zero-order valence-electron chi connectivity index (χ0n) is 13.0. The van der Waals surface area contributed by atoms with Gasteiger partial charge in [0.2, 0.25) is 5.91 Å². The van der Waals surface area contributed by atoms with Gasteiger partial charge < -0.3 is 9.32 Å². The number of rotatable bonds is 4. The Morgan fingerprint density at radius 2 is 1.90 bits per heavy atom. The van der Waals surface area contributed by atoms with Crippen molar-refractivity contribution in [1.29, 1.82) is 0 Å². The Kier molecular flexibility index (Phi) is 4.63. The summed E-state index contributed by atoms with van der Waals surface area (Å²) in [4.78, 5) is 16.7. The van der Waals surface area contributed by atoms with Crippen molar-refractivity contribution < 1.29 is 9.21 Å². The van der Waals surface area contributed by atoms with E-state index in [4.69, 9.17) is 4.42 Å². The van der Waals surface area contributed by atoms with Crippen LogP contribution in [0.5, 0.6) is 0 Å². The number of amides is 1. The maximum atomic E-state index is 12.2. The second-order valence-electron chi connectivity index (χ2n) is 6.52. The van der Waals surface area contributed by atoms with Crippen LogP contribution >= 0.6 is 0 Å². The summed E-state index contributed by atoms with van der Waals surface area (Å²) in [6.07, 6.45) is 5.41. The number of likely N-dealkylation sites (tertiary alicyclic amines) is 2. The molecular formula is C17H26N2O2. The van der Waals surface area contributed by atoms with Gasteiger partial charge in [-0.1, -0.05) is 0 Å². The smallest absolute Gasteiger partial charge is 0.222 e. The van der Waals surface area contributed by atoms with E-state index < -0.39 is 0 Å². The lowest BCUT2D eigenvalue weighted by atomic mass is 9.93. The van der Waals surface area contributed by atoms with Crippen LogP contribution in [0.3, 0.4) is 0 Å². The number of carbonyl (C=O) groups is 1. The lowest BCUT2D eigenvalue weighted by molar-refractivity contribution is -0.131. The van der Waals surface area contributed by atoms with E-state index in [1.807, 2.05) is 13.0 Å². The van der Waals surface area contributed by atoms with Gasteiger partial charge in [-0.05, 0) is 63.7 Å². The van der Waals surface area contributed by atoms with Gasteiger partial charge in [-0.25, -0.2) is 0 Å². The van der Waals surface area contributed by atoms with Crippen LogP contribution in [-0.2, 0) is 11.3 Å². The molecule has 3 heterocycles. The summed E-state index contributed by atoms with van der Waals surface area (Å²) in [7, 11) is 0. The van der Waals surface area contributed by atoms with Gasteiger partial charge in [-0.15, -0.1) is 0 Å². The lowest BCUT2D eigenvalue weighted by Crippen LogP contribution is -2.36. The minimum atomic E-state index is 0.382. The third-order valence-electron chi connectivity index (χ3n) is 4.80. The monoisotopic (exact) mass is 290 g/mol. The molecular weight excluding hydrogens is 264 g/mol. The Morgan fingerprint density at radius 1 is 1.19 bits per heavy atom. The van der Waals surface area contributed by atoms with E-state index in [9.17, 15) is 4.79 Å². The van der Waals surface area contributed by atoms with E-state index in [1.165, 1.54) is 12.8 Å². The molecule has 1 aromatic heterocycles. The average Bonchev–Trinajstić information content (AvgIpc) is 3.13. The number of hydrogen-bond donors (Lipinski definition) is 0. The highest BCUT2D eigenvalue weighted by molar-refractivity contribution is 5.76. The van der Waals surface area contributed by atoms with Crippen LogP contribution in [0.15, 0.2) is 16.5 Å². The molecule has 116 valence electrons. The highest BCUT2D eigenvalue weighted by Gasteiger charge is 2.25. The Morgan fingerprint density at radius 3 is 2.52 bits per heavy atom. The Balaban J connectivity index is 1.41. The highest BCUT2D eigenvalue weighted by atomic mass is 16.3. The molecule has 1 aromatic rings.